The molecule has 1 atom stereocenters. The lowest BCUT2D eigenvalue weighted by Gasteiger charge is -2.24. The van der Waals surface area contributed by atoms with Gasteiger partial charge in [0.05, 0.1) is 4.88 Å². The zero-order valence-corrected chi connectivity index (χ0v) is 13.3. The average molecular weight is 295 g/mol. The predicted octanol–water partition coefficient (Wildman–Crippen LogP) is 3.68. The zero-order valence-electron chi connectivity index (χ0n) is 12.4. The highest BCUT2D eigenvalue weighted by Crippen LogP contribution is 2.31. The molecular weight excluding hydrogens is 274 g/mol. The molecule has 1 aliphatic rings. The van der Waals surface area contributed by atoms with Gasteiger partial charge in [-0.3, -0.25) is 4.79 Å². The van der Waals surface area contributed by atoms with Crippen molar-refractivity contribution in [3.63, 3.8) is 0 Å². The molecule has 1 amide bonds. The number of carbonyl (C=O) groups excluding carboxylic acids is 2. The predicted molar refractivity (Wildman–Crippen MR) is 79.5 cm³/mol. The van der Waals surface area contributed by atoms with Crippen LogP contribution in [0.4, 0.5) is 4.79 Å². The lowest BCUT2D eigenvalue weighted by atomic mass is 10.0. The van der Waals surface area contributed by atoms with E-state index in [2.05, 4.69) is 0 Å². The number of ketones is 1. The number of Topliss-reactive ketones (excluding diaryl/α,β-unsaturated/α-hetero) is 1. The first kappa shape index (κ1) is 15.0. The summed E-state index contributed by atoms with van der Waals surface area (Å²) in [6.45, 7) is 8.58. The highest BCUT2D eigenvalue weighted by atomic mass is 32.1. The Kier molecular flexibility index (Phi) is 4.18. The normalized spacial score (nSPS) is 19.2. The molecule has 0 radical (unpaired) electrons. The Labute approximate surface area is 123 Å². The smallest absolute Gasteiger partial charge is 0.410 e. The fourth-order valence-corrected chi connectivity index (χ4v) is 3.17. The van der Waals surface area contributed by atoms with Gasteiger partial charge >= 0.3 is 6.09 Å². The number of carbonyl (C=O) groups is 2. The van der Waals surface area contributed by atoms with Crippen molar-refractivity contribution in [3.05, 3.63) is 21.9 Å². The van der Waals surface area contributed by atoms with Crippen LogP contribution in [-0.4, -0.2) is 35.5 Å². The highest BCUT2D eigenvalue weighted by molar-refractivity contribution is 7.12. The van der Waals surface area contributed by atoms with Gasteiger partial charge in [-0.25, -0.2) is 4.79 Å². The first-order valence-corrected chi connectivity index (χ1v) is 7.71. The molecule has 1 aromatic heterocycles. The van der Waals surface area contributed by atoms with E-state index in [1.165, 1.54) is 11.3 Å². The van der Waals surface area contributed by atoms with Gasteiger partial charge in [0, 0.05) is 19.0 Å². The molecule has 2 rings (SSSR count). The number of likely N-dealkylation sites (tertiary alicyclic amines) is 1. The number of rotatable bonds is 2. The Bertz CT molecular complexity index is 515. The lowest BCUT2D eigenvalue weighted by Crippen LogP contribution is -2.35. The highest BCUT2D eigenvalue weighted by Gasteiger charge is 2.31. The van der Waals surface area contributed by atoms with Gasteiger partial charge in [-0.1, -0.05) is 0 Å². The molecule has 5 heteroatoms. The summed E-state index contributed by atoms with van der Waals surface area (Å²) in [4.78, 5) is 25.9. The van der Waals surface area contributed by atoms with Gasteiger partial charge in [0.2, 0.25) is 0 Å². The molecule has 0 bridgehead atoms. The molecule has 0 spiro atoms. The molecular formula is C15H21NO3S. The van der Waals surface area contributed by atoms with E-state index in [4.69, 9.17) is 4.74 Å². The molecule has 1 saturated heterocycles. The van der Waals surface area contributed by atoms with Crippen LogP contribution in [0.25, 0.3) is 0 Å². The van der Waals surface area contributed by atoms with Gasteiger partial charge in [0.25, 0.3) is 0 Å². The van der Waals surface area contributed by atoms with E-state index in [0.29, 0.717) is 19.0 Å². The van der Waals surface area contributed by atoms with E-state index in [1.807, 2.05) is 32.2 Å². The van der Waals surface area contributed by atoms with Crippen molar-refractivity contribution in [2.24, 2.45) is 0 Å². The van der Waals surface area contributed by atoms with Crippen molar-refractivity contribution >= 4 is 23.2 Å². The molecule has 1 aromatic rings. The molecule has 110 valence electrons. The van der Waals surface area contributed by atoms with E-state index >= 15 is 0 Å². The second-order valence-corrected chi connectivity index (χ2v) is 7.12. The fourth-order valence-electron chi connectivity index (χ4n) is 2.27. The maximum Gasteiger partial charge on any atom is 0.410 e. The van der Waals surface area contributed by atoms with Crippen LogP contribution >= 0.6 is 11.3 Å². The zero-order chi connectivity index (χ0) is 14.9. The number of hydrogen-bond donors (Lipinski definition) is 0. The van der Waals surface area contributed by atoms with Crippen molar-refractivity contribution in [1.82, 2.24) is 4.90 Å². The monoisotopic (exact) mass is 295 g/mol. The Hall–Kier alpha value is -1.36. The van der Waals surface area contributed by atoms with Gasteiger partial charge in [0.1, 0.15) is 5.60 Å². The third-order valence-electron chi connectivity index (χ3n) is 3.28. The van der Waals surface area contributed by atoms with Gasteiger partial charge in [-0.05, 0) is 51.1 Å². The Morgan fingerprint density at radius 1 is 1.40 bits per heavy atom. The van der Waals surface area contributed by atoms with Crippen molar-refractivity contribution in [3.8, 4) is 0 Å². The van der Waals surface area contributed by atoms with Crippen LogP contribution in [0.3, 0.4) is 0 Å². The second kappa shape index (κ2) is 5.56. The van der Waals surface area contributed by atoms with Gasteiger partial charge < -0.3 is 9.64 Å². The molecule has 4 nitrogen and oxygen atoms in total. The average Bonchev–Trinajstić information content (AvgIpc) is 2.95. The number of hydrogen-bond acceptors (Lipinski definition) is 4. The standard InChI is InChI=1S/C15H21NO3S/c1-10(17)13-7-12(9-20-13)11-5-6-16(8-11)14(18)19-15(2,3)4/h7,9,11H,5-6,8H2,1-4H3. The fraction of sp³-hybridized carbons (Fsp3) is 0.600. The topological polar surface area (TPSA) is 46.6 Å². The second-order valence-electron chi connectivity index (χ2n) is 6.21. The van der Waals surface area contributed by atoms with Crippen molar-refractivity contribution in [1.29, 1.82) is 0 Å². The molecule has 1 unspecified atom stereocenters. The maximum absolute atomic E-state index is 12.0. The Morgan fingerprint density at radius 2 is 2.10 bits per heavy atom. The summed E-state index contributed by atoms with van der Waals surface area (Å²) in [7, 11) is 0. The van der Waals surface area contributed by atoms with Crippen molar-refractivity contribution in [2.45, 2.75) is 45.6 Å². The summed E-state index contributed by atoms with van der Waals surface area (Å²) >= 11 is 1.48. The third-order valence-corrected chi connectivity index (χ3v) is 4.33. The lowest BCUT2D eigenvalue weighted by molar-refractivity contribution is 0.0292. The van der Waals surface area contributed by atoms with E-state index in [9.17, 15) is 9.59 Å². The van der Waals surface area contributed by atoms with Gasteiger partial charge in [-0.2, -0.15) is 0 Å². The Morgan fingerprint density at radius 3 is 2.65 bits per heavy atom. The van der Waals surface area contributed by atoms with Crippen LogP contribution in [0.2, 0.25) is 0 Å². The van der Waals surface area contributed by atoms with Gasteiger partial charge in [0.15, 0.2) is 5.78 Å². The molecule has 1 aliphatic heterocycles. The largest absolute Gasteiger partial charge is 0.444 e. The molecule has 0 saturated carbocycles. The van der Waals surface area contributed by atoms with Crippen molar-refractivity contribution in [2.75, 3.05) is 13.1 Å². The number of amides is 1. The first-order chi connectivity index (χ1) is 9.26. The van der Waals surface area contributed by atoms with E-state index in [-0.39, 0.29) is 11.9 Å². The van der Waals surface area contributed by atoms with Gasteiger partial charge in [-0.15, -0.1) is 11.3 Å². The maximum atomic E-state index is 12.0. The molecule has 2 heterocycles. The summed E-state index contributed by atoms with van der Waals surface area (Å²) < 4.78 is 5.38. The minimum atomic E-state index is -0.459. The summed E-state index contributed by atoms with van der Waals surface area (Å²) in [5, 5.41) is 2.03. The molecule has 1 fully saturated rings. The molecule has 0 aromatic carbocycles. The van der Waals surface area contributed by atoms with Crippen LogP contribution in [0, 0.1) is 0 Å². The minimum absolute atomic E-state index is 0.100. The summed E-state index contributed by atoms with van der Waals surface area (Å²) in [5.41, 5.74) is 0.700. The van der Waals surface area contributed by atoms with Crippen LogP contribution in [-0.2, 0) is 4.74 Å². The summed E-state index contributed by atoms with van der Waals surface area (Å²) in [6, 6.07) is 1.95. The summed E-state index contributed by atoms with van der Waals surface area (Å²) in [5.74, 6) is 0.412. The van der Waals surface area contributed by atoms with E-state index in [0.717, 1.165) is 16.9 Å². The summed E-state index contributed by atoms with van der Waals surface area (Å²) in [6.07, 6.45) is 0.676. The number of thiophene rings is 1. The third kappa shape index (κ3) is 3.60. The van der Waals surface area contributed by atoms with Crippen LogP contribution in [0.5, 0.6) is 0 Å². The van der Waals surface area contributed by atoms with Crippen LogP contribution in [0.15, 0.2) is 11.4 Å². The minimum Gasteiger partial charge on any atom is -0.444 e. The van der Waals surface area contributed by atoms with Crippen LogP contribution < -0.4 is 0 Å². The number of nitrogens with zero attached hydrogens (tertiary/aromatic N) is 1. The quantitative estimate of drug-likeness (QED) is 0.782. The van der Waals surface area contributed by atoms with Crippen LogP contribution in [0.1, 0.15) is 55.3 Å². The number of ether oxygens (including phenoxy) is 1. The molecule has 0 N–H and O–H groups in total. The Balaban J connectivity index is 1.98. The molecule has 20 heavy (non-hydrogen) atoms. The molecule has 0 aliphatic carbocycles. The van der Waals surface area contributed by atoms with Crippen molar-refractivity contribution < 1.29 is 14.3 Å². The SMILES string of the molecule is CC(=O)c1cc(C2CCN(C(=O)OC(C)(C)C)C2)cs1. The first-order valence-electron chi connectivity index (χ1n) is 6.83. The van der Waals surface area contributed by atoms with E-state index in [1.54, 1.807) is 11.8 Å². The van der Waals surface area contributed by atoms with E-state index < -0.39 is 5.60 Å².